The summed E-state index contributed by atoms with van der Waals surface area (Å²) in [4.78, 5) is 2.35. The highest BCUT2D eigenvalue weighted by Crippen LogP contribution is 2.45. The van der Waals surface area contributed by atoms with Crippen LogP contribution in [0.4, 0.5) is 17.1 Å². The molecule has 0 unspecified atom stereocenters. The Hall–Kier alpha value is -6.62. The summed E-state index contributed by atoms with van der Waals surface area (Å²) in [6.07, 6.45) is 0. The van der Waals surface area contributed by atoms with E-state index in [0.29, 0.717) is 0 Å². The maximum absolute atomic E-state index is 6.66. The van der Waals surface area contributed by atoms with E-state index in [-0.39, 0.29) is 0 Å². The molecule has 0 saturated heterocycles. The molecule has 0 atom stereocenters. The highest BCUT2D eigenvalue weighted by atomic mass is 32.1. The van der Waals surface area contributed by atoms with Crippen LogP contribution in [0.2, 0.25) is 0 Å². The van der Waals surface area contributed by atoms with Crippen molar-refractivity contribution >= 4 is 92.3 Å². The lowest BCUT2D eigenvalue weighted by Crippen LogP contribution is -2.10. The van der Waals surface area contributed by atoms with Crippen molar-refractivity contribution in [2.45, 2.75) is 0 Å². The van der Waals surface area contributed by atoms with Crippen LogP contribution >= 0.6 is 11.3 Å². The summed E-state index contributed by atoms with van der Waals surface area (Å²) in [5, 5.41) is 7.30. The molecule has 0 fully saturated rings. The first kappa shape index (κ1) is 29.1. The van der Waals surface area contributed by atoms with Gasteiger partial charge in [-0.3, -0.25) is 0 Å². The van der Waals surface area contributed by atoms with Gasteiger partial charge in [0.15, 0.2) is 5.58 Å². The zero-order valence-corrected chi connectivity index (χ0v) is 28.8. The van der Waals surface area contributed by atoms with E-state index in [0.717, 1.165) is 50.2 Å². The van der Waals surface area contributed by atoms with Crippen LogP contribution in [0.25, 0.3) is 80.7 Å². The second kappa shape index (κ2) is 11.5. The molecule has 0 radical (unpaired) electrons. The molecule has 0 aliphatic heterocycles. The quantitative estimate of drug-likeness (QED) is 0.180. The molecule has 0 spiro atoms. The van der Waals surface area contributed by atoms with Gasteiger partial charge in [0.25, 0.3) is 0 Å². The van der Waals surface area contributed by atoms with Crippen molar-refractivity contribution in [3.63, 3.8) is 0 Å². The molecule has 0 amide bonds. The number of rotatable bonds is 5. The second-order valence-electron chi connectivity index (χ2n) is 13.3. The molecule has 11 rings (SSSR count). The maximum Gasteiger partial charge on any atom is 0.159 e. The van der Waals surface area contributed by atoms with Crippen molar-refractivity contribution in [3.05, 3.63) is 182 Å². The minimum Gasteiger partial charge on any atom is -0.454 e. The fourth-order valence-corrected chi connectivity index (χ4v) is 9.29. The number of hydrogen-bond acceptors (Lipinski definition) is 3. The molecule has 0 bridgehead atoms. The Balaban J connectivity index is 1.14. The smallest absolute Gasteiger partial charge is 0.159 e. The molecule has 3 heterocycles. The normalized spacial score (nSPS) is 11.8. The van der Waals surface area contributed by atoms with E-state index in [9.17, 15) is 0 Å². The van der Waals surface area contributed by atoms with Gasteiger partial charge in [-0.05, 0) is 71.8 Å². The van der Waals surface area contributed by atoms with E-state index in [1.807, 2.05) is 17.4 Å². The van der Waals surface area contributed by atoms with Crippen LogP contribution in [0.5, 0.6) is 0 Å². The van der Waals surface area contributed by atoms with Gasteiger partial charge in [-0.25, -0.2) is 0 Å². The minimum atomic E-state index is 0.867. The summed E-state index contributed by atoms with van der Waals surface area (Å²) in [6.45, 7) is 0. The topological polar surface area (TPSA) is 21.3 Å². The van der Waals surface area contributed by atoms with Crippen molar-refractivity contribution < 1.29 is 4.42 Å². The second-order valence-corrected chi connectivity index (χ2v) is 14.4. The van der Waals surface area contributed by atoms with Crippen LogP contribution in [0.15, 0.2) is 186 Å². The van der Waals surface area contributed by atoms with Gasteiger partial charge >= 0.3 is 0 Å². The molecule has 3 aromatic heterocycles. The fourth-order valence-electron chi connectivity index (χ4n) is 8.05. The zero-order valence-electron chi connectivity index (χ0n) is 28.0. The average Bonchev–Trinajstić information content (AvgIpc) is 3.89. The maximum atomic E-state index is 6.66. The van der Waals surface area contributed by atoms with E-state index in [1.54, 1.807) is 0 Å². The third-order valence-electron chi connectivity index (χ3n) is 10.4. The van der Waals surface area contributed by atoms with Gasteiger partial charge < -0.3 is 13.9 Å². The van der Waals surface area contributed by atoms with Crippen LogP contribution in [-0.4, -0.2) is 4.57 Å². The monoisotopic (exact) mass is 682 g/mol. The summed E-state index contributed by atoms with van der Waals surface area (Å²) < 4.78 is 11.7. The third kappa shape index (κ3) is 4.38. The standard InChI is InChI=1S/C48H30N2OS/c1-2-12-32(13-3-1)50-42-20-7-4-14-36(42)37-29-28-34(30-44(37)50)49(43-21-11-18-40-38-15-5-8-22-45(38)51-47(40)43)33-26-24-31(25-27-33)35-17-10-19-41-39-16-6-9-23-46(39)52-48(35)41/h1-30H. The van der Waals surface area contributed by atoms with E-state index >= 15 is 0 Å². The van der Waals surface area contributed by atoms with Crippen molar-refractivity contribution in [3.8, 4) is 16.8 Å². The number of nitrogens with zero attached hydrogens (tertiary/aromatic N) is 2. The number of anilines is 3. The van der Waals surface area contributed by atoms with Gasteiger partial charge in [-0.15, -0.1) is 11.3 Å². The van der Waals surface area contributed by atoms with E-state index < -0.39 is 0 Å². The van der Waals surface area contributed by atoms with Crippen LogP contribution in [-0.2, 0) is 0 Å². The van der Waals surface area contributed by atoms with Crippen LogP contribution in [0.1, 0.15) is 0 Å². The van der Waals surface area contributed by atoms with Crippen LogP contribution < -0.4 is 4.90 Å². The lowest BCUT2D eigenvalue weighted by atomic mass is 10.0. The van der Waals surface area contributed by atoms with Crippen molar-refractivity contribution in [2.75, 3.05) is 4.90 Å². The Morgan fingerprint density at radius 1 is 0.462 bits per heavy atom. The first-order valence-corrected chi connectivity index (χ1v) is 18.4. The van der Waals surface area contributed by atoms with Crippen molar-refractivity contribution in [1.29, 1.82) is 0 Å². The zero-order chi connectivity index (χ0) is 34.2. The molecule has 0 aliphatic carbocycles. The summed E-state index contributed by atoms with van der Waals surface area (Å²) in [6, 6.07) is 65.4. The molecule has 11 aromatic rings. The Kier molecular flexibility index (Phi) is 6.42. The molecule has 8 aromatic carbocycles. The number of benzene rings is 8. The van der Waals surface area contributed by atoms with Gasteiger partial charge in [0.1, 0.15) is 5.58 Å². The molecule has 0 saturated carbocycles. The molecule has 0 N–H and O–H groups in total. The van der Waals surface area contributed by atoms with E-state index in [4.69, 9.17) is 4.42 Å². The van der Waals surface area contributed by atoms with E-state index in [1.165, 1.54) is 47.6 Å². The molecular formula is C48H30N2OS. The summed E-state index contributed by atoms with van der Waals surface area (Å²) in [5.41, 5.74) is 10.8. The first-order valence-electron chi connectivity index (χ1n) is 17.6. The highest BCUT2D eigenvalue weighted by molar-refractivity contribution is 7.26. The first-order chi connectivity index (χ1) is 25.8. The summed E-state index contributed by atoms with van der Waals surface area (Å²) in [5.74, 6) is 0. The Bertz CT molecular complexity index is 3130. The Morgan fingerprint density at radius 3 is 2.02 bits per heavy atom. The lowest BCUT2D eigenvalue weighted by Gasteiger charge is -2.26. The number of aromatic nitrogens is 1. The summed E-state index contributed by atoms with van der Waals surface area (Å²) >= 11 is 1.87. The number of para-hydroxylation sites is 4. The molecule has 244 valence electrons. The van der Waals surface area contributed by atoms with Crippen LogP contribution in [0.3, 0.4) is 0 Å². The largest absolute Gasteiger partial charge is 0.454 e. The molecular weight excluding hydrogens is 653 g/mol. The predicted molar refractivity (Wildman–Crippen MR) is 221 cm³/mol. The molecule has 0 aliphatic rings. The van der Waals surface area contributed by atoms with Gasteiger partial charge in [0.2, 0.25) is 0 Å². The van der Waals surface area contributed by atoms with Gasteiger partial charge in [0, 0.05) is 58.8 Å². The number of thiophene rings is 1. The molecule has 3 nitrogen and oxygen atoms in total. The number of fused-ring (bicyclic) bond motifs is 9. The highest BCUT2D eigenvalue weighted by Gasteiger charge is 2.22. The van der Waals surface area contributed by atoms with E-state index in [2.05, 4.69) is 185 Å². The van der Waals surface area contributed by atoms with Crippen molar-refractivity contribution in [1.82, 2.24) is 4.57 Å². The van der Waals surface area contributed by atoms with Gasteiger partial charge in [0.05, 0.1) is 16.7 Å². The Labute approximate surface area is 303 Å². The fraction of sp³-hybridized carbons (Fsp3) is 0. The van der Waals surface area contributed by atoms with Crippen LogP contribution in [0, 0.1) is 0 Å². The third-order valence-corrected chi connectivity index (χ3v) is 11.6. The lowest BCUT2D eigenvalue weighted by molar-refractivity contribution is 0.669. The number of hydrogen-bond donors (Lipinski definition) is 0. The SMILES string of the molecule is c1ccc(-n2c3ccccc3c3ccc(N(c4ccc(-c5cccc6c5sc5ccccc56)cc4)c4cccc5c4oc4ccccc45)cc32)cc1. The predicted octanol–water partition coefficient (Wildman–Crippen LogP) is 14.2. The summed E-state index contributed by atoms with van der Waals surface area (Å²) in [7, 11) is 0. The molecule has 52 heavy (non-hydrogen) atoms. The Morgan fingerprint density at radius 2 is 1.13 bits per heavy atom. The van der Waals surface area contributed by atoms with Gasteiger partial charge in [-0.2, -0.15) is 0 Å². The number of furan rings is 1. The minimum absolute atomic E-state index is 0.867. The average molecular weight is 683 g/mol. The molecule has 4 heteroatoms. The van der Waals surface area contributed by atoms with Gasteiger partial charge in [-0.1, -0.05) is 121 Å². The van der Waals surface area contributed by atoms with Crippen molar-refractivity contribution in [2.24, 2.45) is 0 Å².